The lowest BCUT2D eigenvalue weighted by Crippen LogP contribution is -2.32. The van der Waals surface area contributed by atoms with Gasteiger partial charge in [-0.05, 0) is 20.4 Å². The number of unbranched alkanes of at least 4 members (excludes halogenated alkanes) is 2. The average Bonchev–Trinajstić information content (AvgIpc) is 2.78. The second kappa shape index (κ2) is 7.87. The highest BCUT2D eigenvalue weighted by atomic mass is 16.3. The zero-order valence-corrected chi connectivity index (χ0v) is 11.5. The highest BCUT2D eigenvalue weighted by Crippen LogP contribution is 2.05. The van der Waals surface area contributed by atoms with E-state index in [1.165, 1.54) is 19.1 Å². The van der Waals surface area contributed by atoms with Crippen molar-refractivity contribution < 1.29 is 9.21 Å². The normalized spacial score (nSPS) is 12.4. The second-order valence-electron chi connectivity index (χ2n) is 4.53. The van der Waals surface area contributed by atoms with Crippen LogP contribution in [0.1, 0.15) is 55.9 Å². The van der Waals surface area contributed by atoms with Gasteiger partial charge >= 0.3 is 0 Å². The van der Waals surface area contributed by atoms with Crippen LogP contribution in [-0.4, -0.2) is 24.0 Å². The molecule has 5 nitrogen and oxygen atoms in total. The van der Waals surface area contributed by atoms with Crippen LogP contribution in [0.3, 0.4) is 0 Å². The van der Waals surface area contributed by atoms with Crippen molar-refractivity contribution in [3.8, 4) is 0 Å². The minimum absolute atomic E-state index is 0.162. The third kappa shape index (κ3) is 4.87. The molecule has 0 aromatic carbocycles. The number of hydrogen-bond acceptors (Lipinski definition) is 4. The van der Waals surface area contributed by atoms with Gasteiger partial charge in [0, 0.05) is 6.04 Å². The van der Waals surface area contributed by atoms with E-state index >= 15 is 0 Å². The van der Waals surface area contributed by atoms with E-state index in [2.05, 4.69) is 22.5 Å². The Bertz CT molecular complexity index is 363. The van der Waals surface area contributed by atoms with Crippen molar-refractivity contribution in [1.29, 1.82) is 0 Å². The van der Waals surface area contributed by atoms with Gasteiger partial charge in [0.25, 0.3) is 5.91 Å². The molecule has 18 heavy (non-hydrogen) atoms. The fourth-order valence-corrected chi connectivity index (χ4v) is 1.72. The van der Waals surface area contributed by atoms with Gasteiger partial charge in [-0.3, -0.25) is 4.79 Å². The highest BCUT2D eigenvalue weighted by Gasteiger charge is 2.13. The van der Waals surface area contributed by atoms with Crippen LogP contribution in [-0.2, 0) is 6.54 Å². The minimum Gasteiger partial charge on any atom is -0.447 e. The standard InChI is InChI=1S/C13H23N3O2/c1-4-5-6-7-10(2)15-13(17)11-9-18-12(16-11)8-14-3/h9-10,14H,4-8H2,1-3H3,(H,15,17). The van der Waals surface area contributed by atoms with E-state index in [0.29, 0.717) is 18.1 Å². The summed E-state index contributed by atoms with van der Waals surface area (Å²) in [6, 6.07) is 0.175. The lowest BCUT2D eigenvalue weighted by molar-refractivity contribution is 0.0933. The summed E-state index contributed by atoms with van der Waals surface area (Å²) in [5, 5.41) is 5.85. The van der Waals surface area contributed by atoms with Crippen LogP contribution in [0, 0.1) is 0 Å². The molecule has 1 unspecified atom stereocenters. The third-order valence-corrected chi connectivity index (χ3v) is 2.73. The molecule has 0 aliphatic carbocycles. The number of nitrogens with zero attached hydrogens (tertiary/aromatic N) is 1. The van der Waals surface area contributed by atoms with E-state index in [-0.39, 0.29) is 11.9 Å². The van der Waals surface area contributed by atoms with Gasteiger partial charge in [-0.2, -0.15) is 0 Å². The zero-order chi connectivity index (χ0) is 13.4. The summed E-state index contributed by atoms with van der Waals surface area (Å²) in [4.78, 5) is 16.0. The molecule has 1 rings (SSSR count). The summed E-state index contributed by atoms with van der Waals surface area (Å²) in [5.74, 6) is 0.367. The van der Waals surface area contributed by atoms with Gasteiger partial charge in [0.05, 0.1) is 6.54 Å². The fourth-order valence-electron chi connectivity index (χ4n) is 1.72. The fraction of sp³-hybridized carbons (Fsp3) is 0.692. The molecule has 5 heteroatoms. The van der Waals surface area contributed by atoms with E-state index < -0.39 is 0 Å². The predicted octanol–water partition coefficient (Wildman–Crippen LogP) is 2.09. The van der Waals surface area contributed by atoms with Crippen molar-refractivity contribution in [2.45, 2.75) is 52.1 Å². The maximum absolute atomic E-state index is 11.9. The highest BCUT2D eigenvalue weighted by molar-refractivity contribution is 5.92. The summed E-state index contributed by atoms with van der Waals surface area (Å²) >= 11 is 0. The van der Waals surface area contributed by atoms with Crippen molar-refractivity contribution >= 4 is 5.91 Å². The van der Waals surface area contributed by atoms with Crippen molar-refractivity contribution in [2.24, 2.45) is 0 Å². The number of rotatable bonds is 8. The van der Waals surface area contributed by atoms with Crippen LogP contribution < -0.4 is 10.6 Å². The molecule has 1 atom stereocenters. The molecule has 1 amide bonds. The van der Waals surface area contributed by atoms with Crippen LogP contribution >= 0.6 is 0 Å². The topological polar surface area (TPSA) is 67.2 Å². The van der Waals surface area contributed by atoms with Gasteiger partial charge in [-0.15, -0.1) is 0 Å². The molecule has 1 aromatic rings. The quantitative estimate of drug-likeness (QED) is 0.696. The Kier molecular flexibility index (Phi) is 6.43. The molecule has 0 saturated carbocycles. The van der Waals surface area contributed by atoms with Gasteiger partial charge < -0.3 is 15.1 Å². The van der Waals surface area contributed by atoms with Crippen LogP contribution in [0.5, 0.6) is 0 Å². The Balaban J connectivity index is 2.38. The van der Waals surface area contributed by atoms with Gasteiger partial charge in [-0.25, -0.2) is 4.98 Å². The number of carbonyl (C=O) groups is 1. The van der Waals surface area contributed by atoms with Crippen molar-refractivity contribution in [1.82, 2.24) is 15.6 Å². The number of aromatic nitrogens is 1. The van der Waals surface area contributed by atoms with Crippen LogP contribution in [0.2, 0.25) is 0 Å². The van der Waals surface area contributed by atoms with Crippen molar-refractivity contribution in [3.05, 3.63) is 17.8 Å². The molecule has 0 radical (unpaired) electrons. The lowest BCUT2D eigenvalue weighted by atomic mass is 10.1. The van der Waals surface area contributed by atoms with Gasteiger partial charge in [-0.1, -0.05) is 26.2 Å². The SMILES string of the molecule is CCCCCC(C)NC(=O)c1coc(CNC)n1. The molecule has 0 fully saturated rings. The second-order valence-corrected chi connectivity index (χ2v) is 4.53. The largest absolute Gasteiger partial charge is 0.447 e. The molecular formula is C13H23N3O2. The molecule has 1 aromatic heterocycles. The molecule has 0 aliphatic rings. The molecule has 0 bridgehead atoms. The molecule has 0 spiro atoms. The lowest BCUT2D eigenvalue weighted by Gasteiger charge is -2.12. The Morgan fingerprint density at radius 1 is 1.50 bits per heavy atom. The van der Waals surface area contributed by atoms with Crippen molar-refractivity contribution in [2.75, 3.05) is 7.05 Å². The van der Waals surface area contributed by atoms with E-state index in [1.54, 1.807) is 7.05 Å². The average molecular weight is 253 g/mol. The summed E-state index contributed by atoms with van der Waals surface area (Å²) in [6.45, 7) is 4.71. The molecule has 1 heterocycles. The summed E-state index contributed by atoms with van der Waals surface area (Å²) in [7, 11) is 1.81. The van der Waals surface area contributed by atoms with E-state index in [9.17, 15) is 4.79 Å². The zero-order valence-electron chi connectivity index (χ0n) is 11.5. The van der Waals surface area contributed by atoms with Crippen LogP contribution in [0.15, 0.2) is 10.7 Å². The minimum atomic E-state index is -0.162. The molecule has 102 valence electrons. The molecular weight excluding hydrogens is 230 g/mol. The maximum atomic E-state index is 11.9. The van der Waals surface area contributed by atoms with E-state index in [1.807, 2.05) is 6.92 Å². The first-order valence-corrected chi connectivity index (χ1v) is 6.57. The number of nitrogens with one attached hydrogen (secondary N) is 2. The number of carbonyl (C=O) groups excluding carboxylic acids is 1. The third-order valence-electron chi connectivity index (χ3n) is 2.73. The summed E-state index contributed by atoms with van der Waals surface area (Å²) in [6.07, 6.45) is 5.94. The molecule has 0 saturated heterocycles. The van der Waals surface area contributed by atoms with E-state index in [0.717, 1.165) is 12.8 Å². The summed E-state index contributed by atoms with van der Waals surface area (Å²) in [5.41, 5.74) is 0.350. The van der Waals surface area contributed by atoms with Crippen LogP contribution in [0.25, 0.3) is 0 Å². The Morgan fingerprint density at radius 2 is 2.28 bits per heavy atom. The predicted molar refractivity (Wildman–Crippen MR) is 70.3 cm³/mol. The number of oxazole rings is 1. The summed E-state index contributed by atoms with van der Waals surface area (Å²) < 4.78 is 5.17. The Morgan fingerprint density at radius 3 is 2.94 bits per heavy atom. The first-order valence-electron chi connectivity index (χ1n) is 6.57. The molecule has 0 aliphatic heterocycles. The van der Waals surface area contributed by atoms with Crippen LogP contribution in [0.4, 0.5) is 0 Å². The first kappa shape index (κ1) is 14.7. The Hall–Kier alpha value is -1.36. The smallest absolute Gasteiger partial charge is 0.273 e. The first-order chi connectivity index (χ1) is 8.67. The van der Waals surface area contributed by atoms with Gasteiger partial charge in [0.15, 0.2) is 5.69 Å². The number of hydrogen-bond donors (Lipinski definition) is 2. The number of amides is 1. The van der Waals surface area contributed by atoms with Gasteiger partial charge in [0.1, 0.15) is 6.26 Å². The monoisotopic (exact) mass is 253 g/mol. The van der Waals surface area contributed by atoms with Gasteiger partial charge in [0.2, 0.25) is 5.89 Å². The maximum Gasteiger partial charge on any atom is 0.273 e. The molecule has 2 N–H and O–H groups in total. The van der Waals surface area contributed by atoms with Crippen molar-refractivity contribution in [3.63, 3.8) is 0 Å². The Labute approximate surface area is 108 Å². The van der Waals surface area contributed by atoms with E-state index in [4.69, 9.17) is 4.42 Å².